The number of nitrogens with one attached hydrogen (secondary N) is 4. The summed E-state index contributed by atoms with van der Waals surface area (Å²) in [4.78, 5) is 18.5. The predicted octanol–water partition coefficient (Wildman–Crippen LogP) is 3.77. The van der Waals surface area contributed by atoms with E-state index in [1.807, 2.05) is 56.5 Å². The Labute approximate surface area is 218 Å². The Morgan fingerprint density at radius 2 is 2.00 bits per heavy atom. The highest BCUT2D eigenvalue weighted by molar-refractivity contribution is 7.80. The van der Waals surface area contributed by atoms with Gasteiger partial charge in [0.25, 0.3) is 0 Å². The molecule has 0 fully saturated rings. The first-order valence-electron chi connectivity index (χ1n) is 11.7. The zero-order chi connectivity index (χ0) is 26.3. The van der Waals surface area contributed by atoms with Crippen LogP contribution in [0.4, 0.5) is 5.69 Å². The lowest BCUT2D eigenvalue weighted by molar-refractivity contribution is -0.104. The van der Waals surface area contributed by atoms with Crippen molar-refractivity contribution < 1.29 is 4.79 Å². The molecule has 2 aromatic rings. The molecule has 0 unspecified atom stereocenters. The number of nitrogens with two attached hydrogens (primary N) is 2. The van der Waals surface area contributed by atoms with Crippen LogP contribution in [0, 0.1) is 0 Å². The lowest BCUT2D eigenvalue weighted by Crippen LogP contribution is -2.28. The number of aromatic nitrogens is 1. The second-order valence-electron chi connectivity index (χ2n) is 7.67. The summed E-state index contributed by atoms with van der Waals surface area (Å²) in [7, 11) is 1.85. The first-order chi connectivity index (χ1) is 17.4. The van der Waals surface area contributed by atoms with Crippen molar-refractivity contribution in [1.29, 1.82) is 0 Å². The molecule has 2 rings (SSSR count). The van der Waals surface area contributed by atoms with Gasteiger partial charge in [0.15, 0.2) is 5.96 Å². The number of carbonyl (C=O) groups is 1. The smallest absolute Gasteiger partial charge is 0.185 e. The Morgan fingerprint density at radius 1 is 1.19 bits per heavy atom. The van der Waals surface area contributed by atoms with E-state index in [1.54, 1.807) is 6.08 Å². The van der Waals surface area contributed by atoms with Crippen LogP contribution in [0.3, 0.4) is 0 Å². The molecule has 0 aliphatic rings. The number of hydrogen-bond donors (Lipinski definition) is 6. The highest BCUT2D eigenvalue weighted by Crippen LogP contribution is 2.22. The number of anilines is 1. The minimum atomic E-state index is 0.0623. The maximum atomic E-state index is 10.6. The molecular weight excluding hydrogens is 470 g/mol. The van der Waals surface area contributed by atoms with E-state index in [0.717, 1.165) is 52.0 Å². The number of carbonyl (C=O) groups excluding carboxylic acids is 1. The molecule has 8 N–H and O–H groups in total. The molecule has 8 nitrogen and oxygen atoms in total. The van der Waals surface area contributed by atoms with Crippen molar-refractivity contribution in [1.82, 2.24) is 15.6 Å². The average molecular weight is 506 g/mol. The van der Waals surface area contributed by atoms with Crippen molar-refractivity contribution in [3.05, 3.63) is 89.5 Å². The summed E-state index contributed by atoms with van der Waals surface area (Å²) in [6, 6.07) is 8.15. The monoisotopic (exact) mass is 505 g/mol. The summed E-state index contributed by atoms with van der Waals surface area (Å²) in [5.41, 5.74) is 16.3. The lowest BCUT2D eigenvalue weighted by Gasteiger charge is -2.10. The number of H-pyrrole nitrogens is 1. The van der Waals surface area contributed by atoms with Crippen LogP contribution in [0.1, 0.15) is 26.0 Å². The van der Waals surface area contributed by atoms with Crippen LogP contribution in [0.25, 0.3) is 10.9 Å². The van der Waals surface area contributed by atoms with Crippen LogP contribution in [-0.4, -0.2) is 42.4 Å². The molecule has 0 bridgehead atoms. The van der Waals surface area contributed by atoms with Crippen LogP contribution >= 0.6 is 12.2 Å². The zero-order valence-corrected chi connectivity index (χ0v) is 21.8. The third-order valence-electron chi connectivity index (χ3n) is 5.06. The van der Waals surface area contributed by atoms with Crippen molar-refractivity contribution in [3.63, 3.8) is 0 Å². The molecule has 0 saturated carbocycles. The fraction of sp³-hybridized carbons (Fsp3) is 0.222. The Kier molecular flexibility index (Phi) is 11.7. The molecule has 1 aromatic carbocycles. The lowest BCUT2D eigenvalue weighted by atomic mass is 10.1. The largest absolute Gasteiger partial charge is 0.388 e. The van der Waals surface area contributed by atoms with Gasteiger partial charge in [-0.25, -0.2) is 0 Å². The molecule has 1 heterocycles. The second-order valence-corrected chi connectivity index (χ2v) is 8.08. The quantitative estimate of drug-likeness (QED) is 0.0464. The molecule has 36 heavy (non-hydrogen) atoms. The number of rotatable bonds is 13. The van der Waals surface area contributed by atoms with Crippen LogP contribution in [-0.2, 0) is 4.79 Å². The predicted molar refractivity (Wildman–Crippen MR) is 156 cm³/mol. The van der Waals surface area contributed by atoms with Gasteiger partial charge >= 0.3 is 0 Å². The van der Waals surface area contributed by atoms with Crippen molar-refractivity contribution in [2.24, 2.45) is 16.5 Å². The summed E-state index contributed by atoms with van der Waals surface area (Å²) >= 11 is 5.49. The SMILES string of the molecule is C/C=C(/C=C/C(=CCC)Nc1ccc2cc(C(=S)NCCN=C(N)N)[nH]c2c1)C(=C/C=C/C=O)\NC. The van der Waals surface area contributed by atoms with Gasteiger partial charge < -0.3 is 32.4 Å². The number of guanidine groups is 1. The summed E-state index contributed by atoms with van der Waals surface area (Å²) in [6.45, 7) is 5.06. The van der Waals surface area contributed by atoms with Crippen molar-refractivity contribution in [2.75, 3.05) is 25.5 Å². The number of aldehydes is 1. The number of likely N-dealkylation sites (N-methyl/N-ethyl adjacent to an activating group) is 1. The summed E-state index contributed by atoms with van der Waals surface area (Å²) in [6.07, 6.45) is 14.9. The third kappa shape index (κ3) is 8.92. The van der Waals surface area contributed by atoms with Gasteiger partial charge in [0.05, 0.1) is 12.2 Å². The van der Waals surface area contributed by atoms with Crippen molar-refractivity contribution in [2.45, 2.75) is 20.3 Å². The minimum Gasteiger partial charge on any atom is -0.388 e. The van der Waals surface area contributed by atoms with E-state index >= 15 is 0 Å². The maximum absolute atomic E-state index is 10.6. The molecule has 0 spiro atoms. The number of allylic oxidation sites excluding steroid dienone is 7. The summed E-state index contributed by atoms with van der Waals surface area (Å²) < 4.78 is 0. The molecular formula is C27H35N7OS. The van der Waals surface area contributed by atoms with Crippen molar-refractivity contribution >= 4 is 46.0 Å². The van der Waals surface area contributed by atoms with Crippen LogP contribution < -0.4 is 27.4 Å². The van der Waals surface area contributed by atoms with Crippen LogP contribution in [0.15, 0.2) is 88.8 Å². The summed E-state index contributed by atoms with van der Waals surface area (Å²) in [5, 5.41) is 10.9. The minimum absolute atomic E-state index is 0.0623. The maximum Gasteiger partial charge on any atom is 0.185 e. The van der Waals surface area contributed by atoms with E-state index < -0.39 is 0 Å². The molecule has 0 amide bonds. The number of aliphatic imine (C=N–C) groups is 1. The van der Waals surface area contributed by atoms with Crippen LogP contribution in [0.2, 0.25) is 0 Å². The Hall–Kier alpha value is -4.11. The number of benzene rings is 1. The van der Waals surface area contributed by atoms with E-state index in [1.165, 1.54) is 6.08 Å². The van der Waals surface area contributed by atoms with Gasteiger partial charge in [-0.2, -0.15) is 0 Å². The Morgan fingerprint density at radius 3 is 2.67 bits per heavy atom. The van der Waals surface area contributed by atoms with Gasteiger partial charge in [-0.3, -0.25) is 9.79 Å². The first-order valence-corrected chi connectivity index (χ1v) is 12.1. The molecule has 0 aliphatic carbocycles. The van der Waals surface area contributed by atoms with E-state index in [2.05, 4.69) is 45.0 Å². The number of nitrogens with zero attached hydrogens (tertiary/aromatic N) is 1. The zero-order valence-electron chi connectivity index (χ0n) is 21.0. The van der Waals surface area contributed by atoms with E-state index in [4.69, 9.17) is 23.7 Å². The number of hydrogen-bond acceptors (Lipinski definition) is 5. The van der Waals surface area contributed by atoms with E-state index in [-0.39, 0.29) is 5.96 Å². The Bertz CT molecular complexity index is 1230. The third-order valence-corrected chi connectivity index (χ3v) is 5.42. The number of fused-ring (bicyclic) bond motifs is 1. The van der Waals surface area contributed by atoms with Crippen molar-refractivity contribution in [3.8, 4) is 0 Å². The summed E-state index contributed by atoms with van der Waals surface area (Å²) in [5.74, 6) is 0.0623. The fourth-order valence-corrected chi connectivity index (χ4v) is 3.58. The van der Waals surface area contributed by atoms with Gasteiger partial charge in [-0.05, 0) is 55.3 Å². The van der Waals surface area contributed by atoms with Gasteiger partial charge in [0, 0.05) is 41.6 Å². The standard InChI is InChI=1S/C27H35N7OS/c1-4-8-21(12-10-19(5-2)23(30-3)9-6-7-16-35)33-22-13-11-20-17-25(34-24(20)18-22)26(36)31-14-15-32-27(28)29/h5-13,16-18,30,33-34H,4,14-15H2,1-3H3,(H,31,36)(H4,28,29,32)/b7-6+,12-10+,19-5-,21-8?,23-9+. The fourth-order valence-electron chi connectivity index (χ4n) is 3.37. The molecule has 190 valence electrons. The molecule has 0 saturated heterocycles. The van der Waals surface area contributed by atoms with E-state index in [9.17, 15) is 4.79 Å². The molecule has 1 aromatic heterocycles. The first kappa shape index (κ1) is 28.1. The highest BCUT2D eigenvalue weighted by atomic mass is 32.1. The van der Waals surface area contributed by atoms with E-state index in [0.29, 0.717) is 18.1 Å². The molecule has 0 radical (unpaired) electrons. The average Bonchev–Trinajstić information content (AvgIpc) is 3.29. The number of thiocarbonyl (C=S) groups is 1. The normalized spacial score (nSPS) is 12.8. The van der Waals surface area contributed by atoms with Crippen LogP contribution in [0.5, 0.6) is 0 Å². The molecule has 0 aliphatic heterocycles. The molecule has 0 atom stereocenters. The highest BCUT2D eigenvalue weighted by Gasteiger charge is 2.07. The topological polar surface area (TPSA) is 133 Å². The van der Waals surface area contributed by atoms with Gasteiger partial charge in [0.1, 0.15) is 11.3 Å². The van der Waals surface area contributed by atoms with Gasteiger partial charge in [-0.1, -0.05) is 49.5 Å². The Balaban J connectivity index is 2.16. The second kappa shape index (κ2) is 15.0. The van der Waals surface area contributed by atoms with Gasteiger partial charge in [-0.15, -0.1) is 0 Å². The molecule has 9 heteroatoms. The number of aromatic amines is 1. The van der Waals surface area contributed by atoms with Gasteiger partial charge in [0.2, 0.25) is 0 Å².